The molecule has 104 valence electrons. The molecular formula is C10H14N3O5P. The lowest BCUT2D eigenvalue weighted by atomic mass is 10.1. The first kappa shape index (κ1) is 14.1. The SMILES string of the molecule is CC1([N+](=O)[O-])COP(=O)(NCc2ccccn2)OC1. The molecule has 0 bridgehead atoms. The molecule has 0 amide bonds. The Morgan fingerprint density at radius 2 is 2.21 bits per heavy atom. The highest BCUT2D eigenvalue weighted by molar-refractivity contribution is 7.51. The van der Waals surface area contributed by atoms with Crippen LogP contribution in [0.25, 0.3) is 0 Å². The van der Waals surface area contributed by atoms with E-state index >= 15 is 0 Å². The van der Waals surface area contributed by atoms with E-state index in [0.29, 0.717) is 5.69 Å². The average Bonchev–Trinajstić information content (AvgIpc) is 2.42. The second kappa shape index (κ2) is 5.34. The number of hydrogen-bond donors (Lipinski definition) is 1. The minimum absolute atomic E-state index is 0.202. The van der Waals surface area contributed by atoms with Gasteiger partial charge in [-0.25, -0.2) is 9.65 Å². The van der Waals surface area contributed by atoms with Gasteiger partial charge in [0, 0.05) is 24.6 Å². The van der Waals surface area contributed by atoms with Crippen molar-refractivity contribution in [1.29, 1.82) is 0 Å². The summed E-state index contributed by atoms with van der Waals surface area (Å²) < 4.78 is 22.1. The molecular weight excluding hydrogens is 273 g/mol. The summed E-state index contributed by atoms with van der Waals surface area (Å²) in [5, 5.41) is 13.4. The first-order valence-electron chi connectivity index (χ1n) is 5.62. The third-order valence-electron chi connectivity index (χ3n) is 2.71. The molecule has 0 saturated carbocycles. The van der Waals surface area contributed by atoms with E-state index in [1.807, 2.05) is 0 Å². The highest BCUT2D eigenvalue weighted by atomic mass is 31.2. The van der Waals surface area contributed by atoms with Crippen molar-refractivity contribution < 1.29 is 18.5 Å². The lowest BCUT2D eigenvalue weighted by molar-refractivity contribution is -0.573. The monoisotopic (exact) mass is 287 g/mol. The number of rotatable bonds is 4. The van der Waals surface area contributed by atoms with Gasteiger partial charge < -0.3 is 0 Å². The summed E-state index contributed by atoms with van der Waals surface area (Å²) in [7, 11) is -3.49. The molecule has 1 aliphatic heterocycles. The Kier molecular flexibility index (Phi) is 3.96. The van der Waals surface area contributed by atoms with Crippen molar-refractivity contribution in [2.45, 2.75) is 19.0 Å². The maximum absolute atomic E-state index is 12.1. The zero-order valence-corrected chi connectivity index (χ0v) is 11.2. The van der Waals surface area contributed by atoms with Crippen molar-refractivity contribution in [3.05, 3.63) is 40.2 Å². The highest BCUT2D eigenvalue weighted by Crippen LogP contribution is 2.48. The Hall–Kier alpha value is -1.34. The Labute approximate surface area is 109 Å². The summed E-state index contributed by atoms with van der Waals surface area (Å²) in [5.41, 5.74) is -0.687. The van der Waals surface area contributed by atoms with Crippen LogP contribution >= 0.6 is 7.75 Å². The van der Waals surface area contributed by atoms with Gasteiger partial charge in [0.15, 0.2) is 0 Å². The molecule has 0 aliphatic carbocycles. The zero-order valence-electron chi connectivity index (χ0n) is 10.3. The maximum atomic E-state index is 12.1. The summed E-state index contributed by atoms with van der Waals surface area (Å²) in [6.45, 7) is 1.07. The van der Waals surface area contributed by atoms with Crippen molar-refractivity contribution >= 4 is 7.75 Å². The fourth-order valence-electron chi connectivity index (χ4n) is 1.40. The predicted octanol–water partition coefficient (Wildman–Crippen LogP) is 1.36. The van der Waals surface area contributed by atoms with Gasteiger partial charge in [-0.3, -0.25) is 24.1 Å². The molecule has 0 spiro atoms. The van der Waals surface area contributed by atoms with Crippen molar-refractivity contribution in [1.82, 2.24) is 10.1 Å². The Balaban J connectivity index is 1.92. The molecule has 2 rings (SSSR count). The summed E-state index contributed by atoms with van der Waals surface area (Å²) in [5.74, 6) is 0. The van der Waals surface area contributed by atoms with Gasteiger partial charge in [-0.05, 0) is 12.1 Å². The van der Waals surface area contributed by atoms with E-state index in [-0.39, 0.29) is 19.8 Å². The Morgan fingerprint density at radius 1 is 1.53 bits per heavy atom. The number of nitro groups is 1. The molecule has 1 aromatic heterocycles. The van der Waals surface area contributed by atoms with Gasteiger partial charge in [-0.2, -0.15) is 0 Å². The molecule has 0 unspecified atom stereocenters. The summed E-state index contributed by atoms with van der Waals surface area (Å²) in [4.78, 5) is 14.3. The lowest BCUT2D eigenvalue weighted by Crippen LogP contribution is -2.47. The van der Waals surface area contributed by atoms with E-state index in [4.69, 9.17) is 9.05 Å². The minimum atomic E-state index is -3.49. The first-order chi connectivity index (χ1) is 8.94. The van der Waals surface area contributed by atoms with Crippen LogP contribution in [-0.4, -0.2) is 28.7 Å². The van der Waals surface area contributed by atoms with Crippen LogP contribution in [0.1, 0.15) is 12.6 Å². The van der Waals surface area contributed by atoms with Crippen LogP contribution in [0.15, 0.2) is 24.4 Å². The molecule has 1 N–H and O–H groups in total. The smallest absolute Gasteiger partial charge is 0.289 e. The minimum Gasteiger partial charge on any atom is -0.289 e. The summed E-state index contributed by atoms with van der Waals surface area (Å²) in [6, 6.07) is 5.32. The largest absolute Gasteiger partial charge is 0.406 e. The average molecular weight is 287 g/mol. The third kappa shape index (κ3) is 3.36. The molecule has 9 heteroatoms. The Morgan fingerprint density at radius 3 is 2.74 bits per heavy atom. The van der Waals surface area contributed by atoms with Crippen molar-refractivity contribution in [2.75, 3.05) is 13.2 Å². The molecule has 8 nitrogen and oxygen atoms in total. The quantitative estimate of drug-likeness (QED) is 0.506. The van der Waals surface area contributed by atoms with Gasteiger partial charge in [0.25, 0.3) is 5.54 Å². The number of nitrogens with zero attached hydrogens (tertiary/aromatic N) is 2. The second-order valence-corrected chi connectivity index (χ2v) is 6.28. The molecule has 0 atom stereocenters. The van der Waals surface area contributed by atoms with E-state index in [1.54, 1.807) is 24.4 Å². The standard InChI is InChI=1S/C10H14N3O5P/c1-10(13(14)15)7-17-19(16,18-8-10)12-6-9-4-2-3-5-11-9/h2-5H,6-8H2,1H3,(H,12,16). The van der Waals surface area contributed by atoms with Gasteiger partial charge in [-0.15, -0.1) is 0 Å². The molecule has 1 aliphatic rings. The van der Waals surface area contributed by atoms with Crippen LogP contribution in [0.2, 0.25) is 0 Å². The zero-order chi connectivity index (χ0) is 13.9. The van der Waals surface area contributed by atoms with Crippen molar-refractivity contribution in [2.24, 2.45) is 0 Å². The molecule has 1 aromatic rings. The summed E-state index contributed by atoms with van der Waals surface area (Å²) in [6.07, 6.45) is 1.61. The van der Waals surface area contributed by atoms with Crippen LogP contribution in [0.5, 0.6) is 0 Å². The van der Waals surface area contributed by atoms with Crippen LogP contribution in [0.3, 0.4) is 0 Å². The first-order valence-corrected chi connectivity index (χ1v) is 7.16. The molecule has 1 fully saturated rings. The van der Waals surface area contributed by atoms with Crippen LogP contribution < -0.4 is 5.09 Å². The normalized spacial score (nSPS) is 31.0. The van der Waals surface area contributed by atoms with Gasteiger partial charge >= 0.3 is 7.75 Å². The van der Waals surface area contributed by atoms with Crippen LogP contribution in [0.4, 0.5) is 0 Å². The van der Waals surface area contributed by atoms with Gasteiger partial charge in [-0.1, -0.05) is 6.07 Å². The molecule has 0 aromatic carbocycles. The fourth-order valence-corrected chi connectivity index (χ4v) is 2.91. The van der Waals surface area contributed by atoms with Crippen molar-refractivity contribution in [3.63, 3.8) is 0 Å². The molecule has 1 saturated heterocycles. The van der Waals surface area contributed by atoms with Gasteiger partial charge in [0.05, 0.1) is 5.69 Å². The predicted molar refractivity (Wildman–Crippen MR) is 66.0 cm³/mol. The van der Waals surface area contributed by atoms with E-state index in [0.717, 1.165) is 0 Å². The van der Waals surface area contributed by atoms with Crippen LogP contribution in [-0.2, 0) is 20.2 Å². The van der Waals surface area contributed by atoms with E-state index in [9.17, 15) is 14.7 Å². The topological polar surface area (TPSA) is 104 Å². The number of pyridine rings is 1. The van der Waals surface area contributed by atoms with Crippen molar-refractivity contribution in [3.8, 4) is 0 Å². The molecule has 19 heavy (non-hydrogen) atoms. The third-order valence-corrected chi connectivity index (χ3v) is 4.20. The number of hydrogen-bond acceptors (Lipinski definition) is 6. The van der Waals surface area contributed by atoms with E-state index in [1.165, 1.54) is 6.92 Å². The highest BCUT2D eigenvalue weighted by Gasteiger charge is 2.47. The summed E-state index contributed by atoms with van der Waals surface area (Å²) >= 11 is 0. The van der Waals surface area contributed by atoms with Gasteiger partial charge in [0.2, 0.25) is 0 Å². The van der Waals surface area contributed by atoms with Gasteiger partial charge in [0.1, 0.15) is 13.2 Å². The second-order valence-electron chi connectivity index (χ2n) is 4.45. The maximum Gasteiger partial charge on any atom is 0.406 e. The number of aromatic nitrogens is 1. The Bertz CT molecular complexity index is 497. The lowest BCUT2D eigenvalue weighted by Gasteiger charge is -2.30. The van der Waals surface area contributed by atoms with E-state index in [2.05, 4.69) is 10.1 Å². The molecule has 2 heterocycles. The fraction of sp³-hybridized carbons (Fsp3) is 0.500. The van der Waals surface area contributed by atoms with Crippen LogP contribution in [0, 0.1) is 10.1 Å². The molecule has 0 radical (unpaired) electrons. The number of nitrogens with one attached hydrogen (secondary N) is 1. The van der Waals surface area contributed by atoms with E-state index < -0.39 is 18.2 Å².